The van der Waals surface area contributed by atoms with Crippen LogP contribution in [-0.4, -0.2) is 23.7 Å². The number of rotatable bonds is 9. The molecule has 0 saturated carbocycles. The Kier molecular flexibility index (Phi) is 8.86. The molecular formula is C22H42O4. The molecule has 0 aliphatic carbocycles. The Hall–Kier alpha value is -1.06. The molecule has 0 aromatic rings. The lowest BCUT2D eigenvalue weighted by Gasteiger charge is -2.41. The van der Waals surface area contributed by atoms with Crippen LogP contribution in [0, 0.1) is 34.0 Å². The second kappa shape index (κ2) is 9.23. The second-order valence-corrected chi connectivity index (χ2v) is 11.1. The van der Waals surface area contributed by atoms with Crippen molar-refractivity contribution in [3.05, 3.63) is 0 Å². The molecule has 1 unspecified atom stereocenters. The van der Waals surface area contributed by atoms with Gasteiger partial charge in [-0.05, 0) is 41.9 Å². The Bertz CT molecular complexity index is 454. The van der Waals surface area contributed by atoms with Crippen molar-refractivity contribution in [2.75, 3.05) is 6.61 Å². The van der Waals surface area contributed by atoms with Gasteiger partial charge in [-0.15, -0.1) is 0 Å². The highest BCUT2D eigenvalue weighted by Gasteiger charge is 2.52. The molecule has 154 valence electrons. The highest BCUT2D eigenvalue weighted by molar-refractivity contribution is 5.84. The van der Waals surface area contributed by atoms with E-state index >= 15 is 0 Å². The molecule has 0 rings (SSSR count). The Morgan fingerprint density at radius 2 is 1.23 bits per heavy atom. The molecule has 0 aromatic heterocycles. The molecular weight excluding hydrogens is 328 g/mol. The summed E-state index contributed by atoms with van der Waals surface area (Å²) in [5.74, 6) is -1.57. The third kappa shape index (κ3) is 8.55. The zero-order chi connectivity index (χ0) is 20.9. The summed E-state index contributed by atoms with van der Waals surface area (Å²) in [6.45, 7) is 20.6. The van der Waals surface area contributed by atoms with E-state index in [1.165, 1.54) is 0 Å². The molecule has 0 saturated heterocycles. The maximum atomic E-state index is 13.3. The largest absolute Gasteiger partial charge is 0.481 e. The number of esters is 1. The van der Waals surface area contributed by atoms with Crippen LogP contribution in [0.25, 0.3) is 0 Å². The summed E-state index contributed by atoms with van der Waals surface area (Å²) in [4.78, 5) is 25.6. The van der Waals surface area contributed by atoms with E-state index in [9.17, 15) is 14.7 Å². The smallest absolute Gasteiger partial charge is 0.312 e. The van der Waals surface area contributed by atoms with E-state index in [1.54, 1.807) is 0 Å². The van der Waals surface area contributed by atoms with Crippen LogP contribution in [-0.2, 0) is 14.3 Å². The minimum absolute atomic E-state index is 0.153. The topological polar surface area (TPSA) is 63.6 Å². The van der Waals surface area contributed by atoms with Gasteiger partial charge in [0.2, 0.25) is 0 Å². The Morgan fingerprint density at radius 3 is 1.50 bits per heavy atom. The zero-order valence-electron chi connectivity index (χ0n) is 18.7. The average molecular weight is 371 g/mol. The molecule has 26 heavy (non-hydrogen) atoms. The number of carbonyl (C=O) groups is 2. The van der Waals surface area contributed by atoms with Crippen LogP contribution in [0.3, 0.4) is 0 Å². The minimum Gasteiger partial charge on any atom is -0.481 e. The molecule has 0 fully saturated rings. The SMILES string of the molecule is CC(C)CC(CC(C)C)(C(=O)OCC(C)(C)C)C(CC(C)(C)C)C(=O)O. The van der Waals surface area contributed by atoms with Crippen LogP contribution in [0.5, 0.6) is 0 Å². The third-order valence-corrected chi connectivity index (χ3v) is 4.37. The summed E-state index contributed by atoms with van der Waals surface area (Å²) >= 11 is 0. The fourth-order valence-corrected chi connectivity index (χ4v) is 3.69. The standard InChI is InChI=1S/C22H42O4/c1-15(2)11-22(12-16(3)4,19(25)26-14-21(8,9)10)17(18(23)24)13-20(5,6)7/h15-17H,11-14H2,1-10H3,(H,23,24). The molecule has 0 aliphatic rings. The first-order valence-corrected chi connectivity index (χ1v) is 9.90. The van der Waals surface area contributed by atoms with Gasteiger partial charge in [0, 0.05) is 0 Å². The number of carboxylic acids is 1. The van der Waals surface area contributed by atoms with E-state index < -0.39 is 17.3 Å². The molecule has 0 heterocycles. The molecule has 4 heteroatoms. The van der Waals surface area contributed by atoms with Crippen LogP contribution < -0.4 is 0 Å². The molecule has 0 amide bonds. The van der Waals surface area contributed by atoms with Gasteiger partial charge in [-0.1, -0.05) is 69.2 Å². The molecule has 1 N–H and O–H groups in total. The van der Waals surface area contributed by atoms with Crippen LogP contribution in [0.2, 0.25) is 0 Å². The zero-order valence-corrected chi connectivity index (χ0v) is 18.7. The fourth-order valence-electron chi connectivity index (χ4n) is 3.69. The second-order valence-electron chi connectivity index (χ2n) is 11.1. The van der Waals surface area contributed by atoms with Crippen LogP contribution >= 0.6 is 0 Å². The molecule has 4 nitrogen and oxygen atoms in total. The lowest BCUT2D eigenvalue weighted by molar-refractivity contribution is -0.174. The van der Waals surface area contributed by atoms with Gasteiger partial charge in [-0.25, -0.2) is 0 Å². The van der Waals surface area contributed by atoms with Gasteiger partial charge >= 0.3 is 11.9 Å². The average Bonchev–Trinajstić information content (AvgIpc) is 2.38. The van der Waals surface area contributed by atoms with Crippen LogP contribution in [0.15, 0.2) is 0 Å². The molecule has 0 radical (unpaired) electrons. The van der Waals surface area contributed by atoms with Crippen molar-refractivity contribution in [3.63, 3.8) is 0 Å². The Labute approximate surface area is 161 Å². The number of aliphatic carboxylic acids is 1. The summed E-state index contributed by atoms with van der Waals surface area (Å²) < 4.78 is 5.72. The van der Waals surface area contributed by atoms with Gasteiger partial charge in [0.1, 0.15) is 0 Å². The molecule has 1 atom stereocenters. The highest BCUT2D eigenvalue weighted by Crippen LogP contribution is 2.47. The lowest BCUT2D eigenvalue weighted by Crippen LogP contribution is -2.47. The van der Waals surface area contributed by atoms with Crippen LogP contribution in [0.4, 0.5) is 0 Å². The van der Waals surface area contributed by atoms with E-state index in [4.69, 9.17) is 4.74 Å². The Morgan fingerprint density at radius 1 is 0.808 bits per heavy atom. The van der Waals surface area contributed by atoms with E-state index in [0.717, 1.165) is 0 Å². The van der Waals surface area contributed by atoms with Gasteiger partial charge in [-0.3, -0.25) is 9.59 Å². The number of ether oxygens (including phenoxy) is 1. The molecule has 0 aromatic carbocycles. The van der Waals surface area contributed by atoms with Gasteiger partial charge in [0.15, 0.2) is 0 Å². The van der Waals surface area contributed by atoms with E-state index in [0.29, 0.717) is 25.9 Å². The maximum Gasteiger partial charge on any atom is 0.312 e. The van der Waals surface area contributed by atoms with Crippen molar-refractivity contribution >= 4 is 11.9 Å². The molecule has 0 spiro atoms. The predicted molar refractivity (Wildman–Crippen MR) is 107 cm³/mol. The summed E-state index contributed by atoms with van der Waals surface area (Å²) in [6, 6.07) is 0. The first kappa shape index (κ1) is 24.9. The monoisotopic (exact) mass is 370 g/mol. The van der Waals surface area contributed by atoms with Crippen molar-refractivity contribution in [1.29, 1.82) is 0 Å². The minimum atomic E-state index is -0.993. The summed E-state index contributed by atoms with van der Waals surface area (Å²) in [5, 5.41) is 10.1. The van der Waals surface area contributed by atoms with Crippen LogP contribution in [0.1, 0.15) is 88.5 Å². The summed E-state index contributed by atoms with van der Waals surface area (Å²) in [5.41, 5.74) is -1.33. The summed E-state index contributed by atoms with van der Waals surface area (Å²) in [7, 11) is 0. The van der Waals surface area contributed by atoms with Gasteiger partial charge < -0.3 is 9.84 Å². The molecule has 0 bridgehead atoms. The van der Waals surface area contributed by atoms with E-state index in [1.807, 2.05) is 69.2 Å². The number of carbonyl (C=O) groups excluding carboxylic acids is 1. The Balaban J connectivity index is 6.13. The highest BCUT2D eigenvalue weighted by atomic mass is 16.5. The van der Waals surface area contributed by atoms with Crippen molar-refractivity contribution in [1.82, 2.24) is 0 Å². The van der Waals surface area contributed by atoms with Crippen molar-refractivity contribution in [2.24, 2.45) is 34.0 Å². The number of hydrogen-bond donors (Lipinski definition) is 1. The van der Waals surface area contributed by atoms with Crippen molar-refractivity contribution < 1.29 is 19.4 Å². The van der Waals surface area contributed by atoms with Gasteiger partial charge in [-0.2, -0.15) is 0 Å². The van der Waals surface area contributed by atoms with Crippen molar-refractivity contribution in [3.8, 4) is 0 Å². The number of carboxylic acid groups (broad SMARTS) is 1. The van der Waals surface area contributed by atoms with Gasteiger partial charge in [0.05, 0.1) is 17.9 Å². The predicted octanol–water partition coefficient (Wildman–Crippen LogP) is 5.79. The maximum absolute atomic E-state index is 13.3. The number of hydrogen-bond acceptors (Lipinski definition) is 3. The van der Waals surface area contributed by atoms with Gasteiger partial charge in [0.25, 0.3) is 0 Å². The first-order valence-electron chi connectivity index (χ1n) is 9.90. The third-order valence-electron chi connectivity index (χ3n) is 4.37. The normalized spacial score (nSPS) is 14.6. The molecule has 0 aliphatic heterocycles. The van der Waals surface area contributed by atoms with E-state index in [-0.39, 0.29) is 28.6 Å². The quantitative estimate of drug-likeness (QED) is 0.522. The summed E-state index contributed by atoms with van der Waals surface area (Å²) in [6.07, 6.45) is 1.51. The van der Waals surface area contributed by atoms with Crippen molar-refractivity contribution in [2.45, 2.75) is 88.5 Å². The lowest BCUT2D eigenvalue weighted by atomic mass is 9.62. The first-order chi connectivity index (χ1) is 11.5. The fraction of sp³-hybridized carbons (Fsp3) is 0.909. The van der Waals surface area contributed by atoms with E-state index in [2.05, 4.69) is 0 Å².